The first-order chi connectivity index (χ1) is 8.79. The first kappa shape index (κ1) is 13.6. The molecule has 2 nitrogen and oxygen atoms in total. The maximum atomic E-state index is 5.52. The fraction of sp³-hybridized carbons (Fsp3) is 0.333. The number of furan rings is 1. The van der Waals surface area contributed by atoms with Crippen molar-refractivity contribution in [2.45, 2.75) is 25.8 Å². The molecule has 0 aliphatic carbocycles. The lowest BCUT2D eigenvalue weighted by Crippen LogP contribution is -2.23. The second kappa shape index (κ2) is 6.95. The molecule has 1 N–H and O–H groups in total. The maximum absolute atomic E-state index is 5.52. The van der Waals surface area contributed by atoms with Crippen LogP contribution in [-0.4, -0.2) is 6.54 Å². The van der Waals surface area contributed by atoms with Crippen LogP contribution in [0.25, 0.3) is 0 Å². The molecule has 18 heavy (non-hydrogen) atoms. The third-order valence-corrected chi connectivity index (χ3v) is 3.60. The summed E-state index contributed by atoms with van der Waals surface area (Å²) < 4.78 is 6.80. The molecule has 1 heterocycles. The van der Waals surface area contributed by atoms with Crippen LogP contribution in [0.5, 0.6) is 0 Å². The summed E-state index contributed by atoms with van der Waals surface area (Å²) in [6, 6.07) is 12.9. The molecule has 0 spiro atoms. The summed E-state index contributed by atoms with van der Waals surface area (Å²) in [5.74, 6) is 1.02. The van der Waals surface area contributed by atoms with Gasteiger partial charge in [-0.1, -0.05) is 19.1 Å². The number of hydrogen-bond donors (Lipinski definition) is 1. The summed E-state index contributed by atoms with van der Waals surface area (Å²) in [5.41, 5.74) is 1.33. The van der Waals surface area contributed by atoms with Crippen molar-refractivity contribution in [3.05, 3.63) is 57.6 Å². The molecule has 96 valence electrons. The van der Waals surface area contributed by atoms with Crippen LogP contribution in [0, 0.1) is 3.57 Å². The minimum Gasteiger partial charge on any atom is -0.468 e. The standard InChI is InChI=1S/C15H18INO/c1-2-9-17-14(15-4-3-10-18-15)11-12-5-7-13(16)8-6-12/h3-8,10,14,17H,2,9,11H2,1H3. The van der Waals surface area contributed by atoms with E-state index in [0.29, 0.717) is 0 Å². The lowest BCUT2D eigenvalue weighted by atomic mass is 10.0. The van der Waals surface area contributed by atoms with Crippen molar-refractivity contribution < 1.29 is 4.42 Å². The molecule has 0 amide bonds. The molecule has 2 rings (SSSR count). The van der Waals surface area contributed by atoms with E-state index in [-0.39, 0.29) is 6.04 Å². The van der Waals surface area contributed by atoms with Crippen LogP contribution in [0.1, 0.15) is 30.7 Å². The number of nitrogens with one attached hydrogen (secondary N) is 1. The van der Waals surface area contributed by atoms with Crippen molar-refractivity contribution in [1.29, 1.82) is 0 Å². The van der Waals surface area contributed by atoms with E-state index in [1.807, 2.05) is 12.1 Å². The van der Waals surface area contributed by atoms with E-state index in [0.717, 1.165) is 25.1 Å². The fourth-order valence-electron chi connectivity index (χ4n) is 1.94. The highest BCUT2D eigenvalue weighted by atomic mass is 127. The van der Waals surface area contributed by atoms with Crippen LogP contribution in [0.4, 0.5) is 0 Å². The number of hydrogen-bond acceptors (Lipinski definition) is 2. The van der Waals surface area contributed by atoms with Crippen LogP contribution in [-0.2, 0) is 6.42 Å². The van der Waals surface area contributed by atoms with Gasteiger partial charge in [0.05, 0.1) is 12.3 Å². The largest absolute Gasteiger partial charge is 0.468 e. The second-order valence-corrected chi connectivity index (χ2v) is 5.60. The molecule has 0 bridgehead atoms. The van der Waals surface area contributed by atoms with Crippen molar-refractivity contribution >= 4 is 22.6 Å². The maximum Gasteiger partial charge on any atom is 0.121 e. The number of benzene rings is 1. The van der Waals surface area contributed by atoms with Crippen molar-refractivity contribution in [3.63, 3.8) is 0 Å². The smallest absolute Gasteiger partial charge is 0.121 e. The van der Waals surface area contributed by atoms with E-state index >= 15 is 0 Å². The summed E-state index contributed by atoms with van der Waals surface area (Å²) >= 11 is 2.33. The topological polar surface area (TPSA) is 25.2 Å². The van der Waals surface area contributed by atoms with Gasteiger partial charge < -0.3 is 9.73 Å². The molecule has 0 saturated heterocycles. The molecule has 0 aliphatic rings. The average molecular weight is 355 g/mol. The van der Waals surface area contributed by atoms with Crippen LogP contribution >= 0.6 is 22.6 Å². The van der Waals surface area contributed by atoms with Gasteiger partial charge in [0.25, 0.3) is 0 Å². The predicted octanol–water partition coefficient (Wildman–Crippen LogP) is 4.17. The van der Waals surface area contributed by atoms with E-state index in [9.17, 15) is 0 Å². The molecule has 1 atom stereocenters. The zero-order valence-electron chi connectivity index (χ0n) is 10.5. The van der Waals surface area contributed by atoms with E-state index in [2.05, 4.69) is 59.1 Å². The van der Waals surface area contributed by atoms with Crippen LogP contribution in [0.3, 0.4) is 0 Å². The van der Waals surface area contributed by atoms with Gasteiger partial charge in [-0.3, -0.25) is 0 Å². The Hall–Kier alpha value is -0.810. The zero-order chi connectivity index (χ0) is 12.8. The van der Waals surface area contributed by atoms with Gasteiger partial charge >= 0.3 is 0 Å². The van der Waals surface area contributed by atoms with Gasteiger partial charge in [-0.2, -0.15) is 0 Å². The highest BCUT2D eigenvalue weighted by Gasteiger charge is 2.13. The summed E-state index contributed by atoms with van der Waals surface area (Å²) in [6.07, 6.45) is 3.83. The molecule has 0 saturated carbocycles. The van der Waals surface area contributed by atoms with Crippen LogP contribution < -0.4 is 5.32 Å². The van der Waals surface area contributed by atoms with E-state index in [1.165, 1.54) is 9.13 Å². The van der Waals surface area contributed by atoms with Crippen molar-refractivity contribution in [1.82, 2.24) is 5.32 Å². The van der Waals surface area contributed by atoms with Gasteiger partial charge in [-0.05, 0) is 71.8 Å². The Labute approximate surface area is 122 Å². The molecular formula is C15H18INO. The minimum absolute atomic E-state index is 0.264. The quantitative estimate of drug-likeness (QED) is 0.787. The summed E-state index contributed by atoms with van der Waals surface area (Å²) in [6.45, 7) is 3.19. The first-order valence-corrected chi connectivity index (χ1v) is 7.38. The van der Waals surface area contributed by atoms with Gasteiger partial charge in [0, 0.05) is 3.57 Å². The molecule has 1 aromatic carbocycles. The molecule has 0 radical (unpaired) electrons. The predicted molar refractivity (Wildman–Crippen MR) is 82.6 cm³/mol. The molecule has 2 aromatic rings. The van der Waals surface area contributed by atoms with Gasteiger partial charge in [-0.25, -0.2) is 0 Å². The molecular weight excluding hydrogens is 337 g/mol. The Morgan fingerprint density at radius 3 is 2.61 bits per heavy atom. The molecule has 3 heteroatoms. The minimum atomic E-state index is 0.264. The third kappa shape index (κ3) is 3.85. The van der Waals surface area contributed by atoms with Crippen molar-refractivity contribution in [2.24, 2.45) is 0 Å². The average Bonchev–Trinajstić information content (AvgIpc) is 2.90. The Bertz CT molecular complexity index is 450. The number of rotatable bonds is 6. The van der Waals surface area contributed by atoms with Crippen molar-refractivity contribution in [2.75, 3.05) is 6.54 Å². The summed E-state index contributed by atoms with van der Waals surface area (Å²) in [4.78, 5) is 0. The van der Waals surface area contributed by atoms with Gasteiger partial charge in [0.2, 0.25) is 0 Å². The molecule has 0 fully saturated rings. The van der Waals surface area contributed by atoms with Gasteiger partial charge in [0.1, 0.15) is 5.76 Å². The van der Waals surface area contributed by atoms with Crippen LogP contribution in [0.2, 0.25) is 0 Å². The Morgan fingerprint density at radius 1 is 1.22 bits per heavy atom. The second-order valence-electron chi connectivity index (χ2n) is 4.35. The van der Waals surface area contributed by atoms with Crippen molar-refractivity contribution in [3.8, 4) is 0 Å². The highest BCUT2D eigenvalue weighted by Crippen LogP contribution is 2.19. The fourth-order valence-corrected chi connectivity index (χ4v) is 2.30. The Morgan fingerprint density at radius 2 is 2.00 bits per heavy atom. The SMILES string of the molecule is CCCNC(Cc1ccc(I)cc1)c1ccco1. The molecule has 1 aromatic heterocycles. The molecule has 1 unspecified atom stereocenters. The monoisotopic (exact) mass is 355 g/mol. The normalized spacial score (nSPS) is 12.6. The lowest BCUT2D eigenvalue weighted by Gasteiger charge is -2.16. The Balaban J connectivity index is 2.07. The summed E-state index contributed by atoms with van der Waals surface area (Å²) in [5, 5.41) is 3.54. The zero-order valence-corrected chi connectivity index (χ0v) is 12.7. The van der Waals surface area contributed by atoms with Gasteiger partial charge in [0.15, 0.2) is 0 Å². The molecule has 0 aliphatic heterocycles. The first-order valence-electron chi connectivity index (χ1n) is 6.31. The highest BCUT2D eigenvalue weighted by molar-refractivity contribution is 14.1. The van der Waals surface area contributed by atoms with Crippen LogP contribution in [0.15, 0.2) is 47.1 Å². The third-order valence-electron chi connectivity index (χ3n) is 2.88. The Kier molecular flexibility index (Phi) is 5.26. The van der Waals surface area contributed by atoms with E-state index in [4.69, 9.17) is 4.42 Å². The van der Waals surface area contributed by atoms with Gasteiger partial charge in [-0.15, -0.1) is 0 Å². The number of halogens is 1. The lowest BCUT2D eigenvalue weighted by molar-refractivity contribution is 0.410. The van der Waals surface area contributed by atoms with E-state index in [1.54, 1.807) is 6.26 Å². The summed E-state index contributed by atoms with van der Waals surface area (Å²) in [7, 11) is 0. The van der Waals surface area contributed by atoms with E-state index < -0.39 is 0 Å².